The zero-order valence-electron chi connectivity index (χ0n) is 14.2. The Morgan fingerprint density at radius 1 is 1.12 bits per heavy atom. The number of aryl methyl sites for hydroxylation is 1. The summed E-state index contributed by atoms with van der Waals surface area (Å²) in [6.07, 6.45) is 1.37. The first-order chi connectivity index (χ1) is 11.6. The van der Waals surface area contributed by atoms with Crippen LogP contribution in [-0.2, 0) is 21.6 Å². The van der Waals surface area contributed by atoms with E-state index in [0.717, 1.165) is 12.0 Å². The van der Waals surface area contributed by atoms with Gasteiger partial charge in [-0.2, -0.15) is 0 Å². The molecule has 0 radical (unpaired) electrons. The maximum absolute atomic E-state index is 13.6. The number of ether oxygens (including phenoxy) is 1. The monoisotopic (exact) mass is 329 g/mol. The summed E-state index contributed by atoms with van der Waals surface area (Å²) in [4.78, 5) is 12.1. The quantitative estimate of drug-likeness (QED) is 0.799. The predicted octanol–water partition coefficient (Wildman–Crippen LogP) is 3.83. The first-order valence-corrected chi connectivity index (χ1v) is 8.22. The van der Waals surface area contributed by atoms with Gasteiger partial charge in [0.15, 0.2) is 0 Å². The van der Waals surface area contributed by atoms with Crippen molar-refractivity contribution in [1.82, 2.24) is 5.32 Å². The standard InChI is InChI=1S/C20H24FNO2/c1-3-20(24-2,17-10-5-4-6-11-17)15-22-19(23)14-13-16-9-7-8-12-18(16)21/h4-12H,3,13-15H2,1-2H3,(H,22,23)/t20-/m1/s1. The Balaban J connectivity index is 1.95. The lowest BCUT2D eigenvalue weighted by atomic mass is 9.90. The molecule has 0 bridgehead atoms. The van der Waals surface area contributed by atoms with Gasteiger partial charge in [-0.25, -0.2) is 4.39 Å². The van der Waals surface area contributed by atoms with E-state index in [9.17, 15) is 9.18 Å². The number of carbonyl (C=O) groups is 1. The smallest absolute Gasteiger partial charge is 0.220 e. The summed E-state index contributed by atoms with van der Waals surface area (Å²) in [6.45, 7) is 2.42. The number of methoxy groups -OCH3 is 1. The molecule has 0 saturated heterocycles. The molecule has 0 aromatic heterocycles. The highest BCUT2D eigenvalue weighted by molar-refractivity contribution is 5.76. The van der Waals surface area contributed by atoms with Gasteiger partial charge in [-0.1, -0.05) is 55.5 Å². The van der Waals surface area contributed by atoms with E-state index < -0.39 is 5.60 Å². The van der Waals surface area contributed by atoms with Crippen LogP contribution in [0.25, 0.3) is 0 Å². The third kappa shape index (κ3) is 4.42. The van der Waals surface area contributed by atoms with E-state index >= 15 is 0 Å². The van der Waals surface area contributed by atoms with Crippen molar-refractivity contribution in [3.8, 4) is 0 Å². The topological polar surface area (TPSA) is 38.3 Å². The SMILES string of the molecule is CC[C@](CNC(=O)CCc1ccccc1F)(OC)c1ccccc1. The molecule has 2 aromatic carbocycles. The number of halogens is 1. The highest BCUT2D eigenvalue weighted by Gasteiger charge is 2.30. The van der Waals surface area contributed by atoms with Crippen molar-refractivity contribution < 1.29 is 13.9 Å². The molecule has 0 saturated carbocycles. The molecule has 0 aliphatic carbocycles. The van der Waals surface area contributed by atoms with Gasteiger partial charge in [-0.3, -0.25) is 4.79 Å². The van der Waals surface area contributed by atoms with Crippen LogP contribution in [0, 0.1) is 5.82 Å². The first kappa shape index (κ1) is 18.1. The van der Waals surface area contributed by atoms with Crippen LogP contribution in [0.2, 0.25) is 0 Å². The molecule has 0 aliphatic rings. The molecular weight excluding hydrogens is 305 g/mol. The zero-order valence-corrected chi connectivity index (χ0v) is 14.2. The average molecular weight is 329 g/mol. The molecule has 0 spiro atoms. The van der Waals surface area contributed by atoms with E-state index in [1.807, 2.05) is 37.3 Å². The van der Waals surface area contributed by atoms with Gasteiger partial charge in [0, 0.05) is 13.5 Å². The number of hydrogen-bond acceptors (Lipinski definition) is 2. The van der Waals surface area contributed by atoms with E-state index in [1.54, 1.807) is 25.3 Å². The van der Waals surface area contributed by atoms with Crippen molar-refractivity contribution in [3.63, 3.8) is 0 Å². The van der Waals surface area contributed by atoms with Crippen molar-refractivity contribution in [2.75, 3.05) is 13.7 Å². The summed E-state index contributed by atoms with van der Waals surface area (Å²) in [5.41, 5.74) is 1.04. The summed E-state index contributed by atoms with van der Waals surface area (Å²) >= 11 is 0. The van der Waals surface area contributed by atoms with Gasteiger partial charge in [0.05, 0.1) is 6.54 Å². The Labute approximate surface area is 142 Å². The highest BCUT2D eigenvalue weighted by Crippen LogP contribution is 2.28. The van der Waals surface area contributed by atoms with Crippen molar-refractivity contribution in [3.05, 3.63) is 71.5 Å². The van der Waals surface area contributed by atoms with Crippen LogP contribution in [0.5, 0.6) is 0 Å². The van der Waals surface area contributed by atoms with Gasteiger partial charge in [0.25, 0.3) is 0 Å². The van der Waals surface area contributed by atoms with Crippen molar-refractivity contribution in [1.29, 1.82) is 0 Å². The minimum Gasteiger partial charge on any atom is -0.372 e. The van der Waals surface area contributed by atoms with Crippen LogP contribution in [-0.4, -0.2) is 19.6 Å². The van der Waals surface area contributed by atoms with E-state index in [-0.39, 0.29) is 18.1 Å². The van der Waals surface area contributed by atoms with Crippen molar-refractivity contribution >= 4 is 5.91 Å². The van der Waals surface area contributed by atoms with Crippen molar-refractivity contribution in [2.45, 2.75) is 31.8 Å². The average Bonchev–Trinajstić information content (AvgIpc) is 2.63. The van der Waals surface area contributed by atoms with E-state index in [1.165, 1.54) is 6.07 Å². The molecular formula is C20H24FNO2. The maximum atomic E-state index is 13.6. The lowest BCUT2D eigenvalue weighted by Crippen LogP contribution is -2.42. The van der Waals surface area contributed by atoms with Crippen LogP contribution >= 0.6 is 0 Å². The molecule has 1 amide bonds. The third-order valence-electron chi connectivity index (χ3n) is 4.41. The molecule has 2 aromatic rings. The maximum Gasteiger partial charge on any atom is 0.220 e. The Bertz CT molecular complexity index is 654. The van der Waals surface area contributed by atoms with Gasteiger partial charge in [0.1, 0.15) is 11.4 Å². The Kier molecular flexibility index (Phi) is 6.50. The molecule has 24 heavy (non-hydrogen) atoms. The number of hydrogen-bond donors (Lipinski definition) is 1. The minimum absolute atomic E-state index is 0.107. The Morgan fingerprint density at radius 3 is 2.42 bits per heavy atom. The second-order valence-electron chi connectivity index (χ2n) is 5.79. The minimum atomic E-state index is -0.547. The summed E-state index contributed by atoms with van der Waals surface area (Å²) in [5, 5.41) is 2.93. The number of rotatable bonds is 8. The van der Waals surface area contributed by atoms with Crippen LogP contribution in [0.4, 0.5) is 4.39 Å². The van der Waals surface area contributed by atoms with Crippen LogP contribution < -0.4 is 5.32 Å². The molecule has 4 heteroatoms. The Hall–Kier alpha value is -2.20. The fraction of sp³-hybridized carbons (Fsp3) is 0.350. The second-order valence-corrected chi connectivity index (χ2v) is 5.79. The fourth-order valence-electron chi connectivity index (χ4n) is 2.79. The second kappa shape index (κ2) is 8.60. The van der Waals surface area contributed by atoms with Gasteiger partial charge in [0.2, 0.25) is 5.91 Å². The predicted molar refractivity (Wildman–Crippen MR) is 93.2 cm³/mol. The third-order valence-corrected chi connectivity index (χ3v) is 4.41. The Morgan fingerprint density at radius 2 is 1.79 bits per heavy atom. The molecule has 0 heterocycles. The van der Waals surface area contributed by atoms with Crippen molar-refractivity contribution in [2.24, 2.45) is 0 Å². The number of amides is 1. The molecule has 1 N–H and O–H groups in total. The van der Waals surface area contributed by atoms with Gasteiger partial charge in [-0.15, -0.1) is 0 Å². The van der Waals surface area contributed by atoms with Crippen LogP contribution in [0.15, 0.2) is 54.6 Å². The number of carbonyl (C=O) groups excluding carboxylic acids is 1. The lowest BCUT2D eigenvalue weighted by molar-refractivity contribution is -0.123. The van der Waals surface area contributed by atoms with Crippen LogP contribution in [0.1, 0.15) is 30.9 Å². The number of nitrogens with one attached hydrogen (secondary N) is 1. The largest absolute Gasteiger partial charge is 0.372 e. The number of benzene rings is 2. The van der Waals surface area contributed by atoms with Gasteiger partial charge < -0.3 is 10.1 Å². The molecule has 0 unspecified atom stereocenters. The lowest BCUT2D eigenvalue weighted by Gasteiger charge is -2.32. The van der Waals surface area contributed by atoms with E-state index in [4.69, 9.17) is 4.74 Å². The normalized spacial score (nSPS) is 13.3. The molecule has 2 rings (SSSR count). The summed E-state index contributed by atoms with van der Waals surface area (Å²) in [6, 6.07) is 16.4. The van der Waals surface area contributed by atoms with E-state index in [0.29, 0.717) is 18.5 Å². The van der Waals surface area contributed by atoms with Crippen LogP contribution in [0.3, 0.4) is 0 Å². The summed E-state index contributed by atoms with van der Waals surface area (Å²) < 4.78 is 19.3. The molecule has 3 nitrogen and oxygen atoms in total. The fourth-order valence-corrected chi connectivity index (χ4v) is 2.79. The van der Waals surface area contributed by atoms with E-state index in [2.05, 4.69) is 5.32 Å². The molecule has 1 atom stereocenters. The molecule has 0 aliphatic heterocycles. The van der Waals surface area contributed by atoms with Gasteiger partial charge >= 0.3 is 0 Å². The zero-order chi connectivity index (χ0) is 17.4. The molecule has 128 valence electrons. The summed E-state index contributed by atoms with van der Waals surface area (Å²) in [5.74, 6) is -0.376. The highest BCUT2D eigenvalue weighted by atomic mass is 19.1. The molecule has 0 fully saturated rings. The first-order valence-electron chi connectivity index (χ1n) is 8.22. The van der Waals surface area contributed by atoms with Gasteiger partial charge in [-0.05, 0) is 30.0 Å². The summed E-state index contributed by atoms with van der Waals surface area (Å²) in [7, 11) is 1.65.